The van der Waals surface area contributed by atoms with Crippen LogP contribution in [-0.4, -0.2) is 5.11 Å². The van der Waals surface area contributed by atoms with E-state index in [1.807, 2.05) is 0 Å². The van der Waals surface area contributed by atoms with Crippen LogP contribution >= 0.6 is 15.9 Å². The Morgan fingerprint density at radius 3 is 2.67 bits per heavy atom. The van der Waals surface area contributed by atoms with Gasteiger partial charge in [0, 0.05) is 11.3 Å². The van der Waals surface area contributed by atoms with Crippen molar-refractivity contribution in [1.29, 1.82) is 0 Å². The van der Waals surface area contributed by atoms with Gasteiger partial charge in [0.1, 0.15) is 5.82 Å². The lowest BCUT2D eigenvalue weighted by Crippen LogP contribution is -1.99. The number of aliphatic hydroxyl groups is 1. The Kier molecular flexibility index (Phi) is 2.69. The van der Waals surface area contributed by atoms with Crippen LogP contribution in [0.2, 0.25) is 0 Å². The molecule has 0 heterocycles. The lowest BCUT2D eigenvalue weighted by Gasteiger charge is -2.08. The fraction of sp³-hybridized carbons (Fsp3) is 0.250. The predicted octanol–water partition coefficient (Wildman–Crippen LogP) is 2.22. The van der Waals surface area contributed by atoms with Gasteiger partial charge in [-0.2, -0.15) is 0 Å². The van der Waals surface area contributed by atoms with E-state index >= 15 is 0 Å². The lowest BCUT2D eigenvalue weighted by atomic mass is 10.1. The van der Waals surface area contributed by atoms with E-state index in [0.717, 1.165) is 0 Å². The van der Waals surface area contributed by atoms with Gasteiger partial charge in [0.15, 0.2) is 0 Å². The standard InChI is InChI=1S/C8H9BrFNO/c1-4(12)5-2-7(10)6(9)3-8(5)11/h2-4,12H,11H2,1H3. The van der Waals surface area contributed by atoms with E-state index < -0.39 is 11.9 Å². The highest BCUT2D eigenvalue weighted by molar-refractivity contribution is 9.10. The first-order valence-electron chi connectivity index (χ1n) is 3.45. The Morgan fingerprint density at radius 1 is 1.58 bits per heavy atom. The zero-order chi connectivity index (χ0) is 9.30. The van der Waals surface area contributed by atoms with Gasteiger partial charge in [-0.1, -0.05) is 0 Å². The molecule has 0 saturated heterocycles. The van der Waals surface area contributed by atoms with Crippen molar-refractivity contribution < 1.29 is 9.50 Å². The third-order valence-corrected chi connectivity index (χ3v) is 2.18. The molecule has 1 aromatic rings. The molecule has 1 unspecified atom stereocenters. The maximum atomic E-state index is 12.9. The normalized spacial score (nSPS) is 13.0. The van der Waals surface area contributed by atoms with Gasteiger partial charge in [0.25, 0.3) is 0 Å². The molecule has 0 aliphatic heterocycles. The highest BCUT2D eigenvalue weighted by Crippen LogP contribution is 2.26. The van der Waals surface area contributed by atoms with E-state index in [4.69, 9.17) is 10.8 Å². The second kappa shape index (κ2) is 3.41. The third-order valence-electron chi connectivity index (χ3n) is 1.58. The molecule has 2 nitrogen and oxygen atoms in total. The van der Waals surface area contributed by atoms with Crippen molar-refractivity contribution in [2.24, 2.45) is 0 Å². The van der Waals surface area contributed by atoms with Gasteiger partial charge in [-0.3, -0.25) is 0 Å². The number of hydrogen-bond donors (Lipinski definition) is 2. The Bertz CT molecular complexity index is 301. The highest BCUT2D eigenvalue weighted by Gasteiger charge is 2.09. The average molecular weight is 234 g/mol. The maximum absolute atomic E-state index is 12.9. The largest absolute Gasteiger partial charge is 0.398 e. The first kappa shape index (κ1) is 9.48. The highest BCUT2D eigenvalue weighted by atomic mass is 79.9. The summed E-state index contributed by atoms with van der Waals surface area (Å²) < 4.78 is 13.2. The monoisotopic (exact) mass is 233 g/mol. The number of halogens is 2. The van der Waals surface area contributed by atoms with Gasteiger partial charge < -0.3 is 10.8 Å². The number of anilines is 1. The molecule has 1 aromatic carbocycles. The Balaban J connectivity index is 3.23. The van der Waals surface area contributed by atoms with Gasteiger partial charge in [0.2, 0.25) is 0 Å². The van der Waals surface area contributed by atoms with Crippen molar-refractivity contribution >= 4 is 21.6 Å². The summed E-state index contributed by atoms with van der Waals surface area (Å²) in [6.45, 7) is 1.54. The summed E-state index contributed by atoms with van der Waals surface area (Å²) in [7, 11) is 0. The molecule has 0 aliphatic carbocycles. The van der Waals surface area contributed by atoms with Gasteiger partial charge in [0.05, 0.1) is 10.6 Å². The first-order chi connectivity index (χ1) is 5.52. The van der Waals surface area contributed by atoms with Gasteiger partial charge in [-0.15, -0.1) is 0 Å². The minimum Gasteiger partial charge on any atom is -0.398 e. The van der Waals surface area contributed by atoms with Crippen LogP contribution in [0.5, 0.6) is 0 Å². The van der Waals surface area contributed by atoms with Crippen LogP contribution < -0.4 is 5.73 Å². The lowest BCUT2D eigenvalue weighted by molar-refractivity contribution is 0.199. The van der Waals surface area contributed by atoms with Crippen LogP contribution in [0.15, 0.2) is 16.6 Å². The Hall–Kier alpha value is -0.610. The minimum atomic E-state index is -0.743. The van der Waals surface area contributed by atoms with Crippen LogP contribution in [0.25, 0.3) is 0 Å². The molecular formula is C8H9BrFNO. The molecule has 66 valence electrons. The topological polar surface area (TPSA) is 46.2 Å². The number of benzene rings is 1. The van der Waals surface area contributed by atoms with E-state index in [9.17, 15) is 4.39 Å². The van der Waals surface area contributed by atoms with E-state index in [2.05, 4.69) is 15.9 Å². The van der Waals surface area contributed by atoms with Crippen LogP contribution in [0.3, 0.4) is 0 Å². The second-order valence-electron chi connectivity index (χ2n) is 2.57. The van der Waals surface area contributed by atoms with Crippen LogP contribution in [0.1, 0.15) is 18.6 Å². The zero-order valence-electron chi connectivity index (χ0n) is 6.51. The first-order valence-corrected chi connectivity index (χ1v) is 4.24. The molecule has 0 radical (unpaired) electrons. The number of nitrogens with two attached hydrogens (primary N) is 1. The molecule has 0 fully saturated rings. The number of aliphatic hydroxyl groups excluding tert-OH is 1. The fourth-order valence-electron chi connectivity index (χ4n) is 0.939. The maximum Gasteiger partial charge on any atom is 0.137 e. The predicted molar refractivity (Wildman–Crippen MR) is 49.1 cm³/mol. The third kappa shape index (κ3) is 1.76. The van der Waals surface area contributed by atoms with Gasteiger partial charge in [-0.05, 0) is 35.0 Å². The van der Waals surface area contributed by atoms with Crippen molar-refractivity contribution in [1.82, 2.24) is 0 Å². The molecular weight excluding hydrogens is 225 g/mol. The zero-order valence-corrected chi connectivity index (χ0v) is 8.10. The number of rotatable bonds is 1. The minimum absolute atomic E-state index is 0.310. The van der Waals surface area contributed by atoms with E-state index in [1.54, 1.807) is 6.92 Å². The molecule has 0 amide bonds. The molecule has 0 aliphatic rings. The van der Waals surface area contributed by atoms with E-state index in [0.29, 0.717) is 15.7 Å². The number of nitrogen functional groups attached to an aromatic ring is 1. The fourth-order valence-corrected chi connectivity index (χ4v) is 1.30. The number of hydrogen-bond acceptors (Lipinski definition) is 2. The summed E-state index contributed by atoms with van der Waals surface area (Å²) in [5.41, 5.74) is 6.33. The molecule has 12 heavy (non-hydrogen) atoms. The Labute approximate surface area is 78.3 Å². The quantitative estimate of drug-likeness (QED) is 0.732. The van der Waals surface area contributed by atoms with Crippen molar-refractivity contribution in [3.05, 3.63) is 28.0 Å². The summed E-state index contributed by atoms with van der Waals surface area (Å²) in [5, 5.41) is 9.16. The molecule has 1 rings (SSSR count). The van der Waals surface area contributed by atoms with Crippen molar-refractivity contribution in [3.8, 4) is 0 Å². The van der Waals surface area contributed by atoms with Gasteiger partial charge in [-0.25, -0.2) is 4.39 Å². The molecule has 4 heteroatoms. The van der Waals surface area contributed by atoms with Gasteiger partial charge >= 0.3 is 0 Å². The molecule has 3 N–H and O–H groups in total. The summed E-state index contributed by atoms with van der Waals surface area (Å²) in [4.78, 5) is 0. The molecule has 0 bridgehead atoms. The summed E-state index contributed by atoms with van der Waals surface area (Å²) in [6, 6.07) is 2.67. The van der Waals surface area contributed by atoms with Crippen LogP contribution in [0, 0.1) is 5.82 Å². The SMILES string of the molecule is CC(O)c1cc(F)c(Br)cc1N. The van der Waals surface area contributed by atoms with Crippen molar-refractivity contribution in [3.63, 3.8) is 0 Å². The molecule has 0 aromatic heterocycles. The van der Waals surface area contributed by atoms with Crippen molar-refractivity contribution in [2.75, 3.05) is 5.73 Å². The summed E-state index contributed by atoms with van der Waals surface area (Å²) >= 11 is 2.99. The molecule has 0 spiro atoms. The molecule has 0 saturated carbocycles. The second-order valence-corrected chi connectivity index (χ2v) is 3.43. The summed E-state index contributed by atoms with van der Waals surface area (Å²) in [6.07, 6.45) is -0.743. The van der Waals surface area contributed by atoms with Crippen LogP contribution in [0.4, 0.5) is 10.1 Å². The summed E-state index contributed by atoms with van der Waals surface area (Å²) in [5.74, 6) is -0.417. The smallest absolute Gasteiger partial charge is 0.137 e. The van der Waals surface area contributed by atoms with Crippen LogP contribution in [-0.2, 0) is 0 Å². The van der Waals surface area contributed by atoms with E-state index in [-0.39, 0.29) is 0 Å². The van der Waals surface area contributed by atoms with E-state index in [1.165, 1.54) is 12.1 Å². The average Bonchev–Trinajstić information content (AvgIpc) is 1.96. The Morgan fingerprint density at radius 2 is 2.17 bits per heavy atom. The van der Waals surface area contributed by atoms with Crippen molar-refractivity contribution in [2.45, 2.75) is 13.0 Å². The molecule has 1 atom stereocenters.